The van der Waals surface area contributed by atoms with Gasteiger partial charge in [0.05, 0.1) is 0 Å². The highest BCUT2D eigenvalue weighted by Crippen LogP contribution is 2.29. The van der Waals surface area contributed by atoms with Crippen LogP contribution in [0.4, 0.5) is 0 Å². The Balaban J connectivity index is 2.32. The summed E-state index contributed by atoms with van der Waals surface area (Å²) in [5, 5.41) is 10.7. The minimum Gasteiger partial charge on any atom is -0.507 e. The zero-order valence-corrected chi connectivity index (χ0v) is 17.9. The molecule has 1 aromatic rings. The van der Waals surface area contributed by atoms with E-state index >= 15 is 0 Å². The van der Waals surface area contributed by atoms with Gasteiger partial charge >= 0.3 is 0 Å². The standard InChI is InChI=1S/C25H44O/c1-4-6-8-10-12-14-16-18-23-21-20-22(3)24(25(23)26)19-17-15-13-11-9-7-5-2/h20-21,26H,4-19H2,1-3H3. The van der Waals surface area contributed by atoms with Crippen molar-refractivity contribution in [1.82, 2.24) is 0 Å². The summed E-state index contributed by atoms with van der Waals surface area (Å²) in [6.45, 7) is 6.68. The first-order valence-corrected chi connectivity index (χ1v) is 11.5. The van der Waals surface area contributed by atoms with E-state index in [0.29, 0.717) is 5.75 Å². The summed E-state index contributed by atoms with van der Waals surface area (Å²) in [6.07, 6.45) is 20.7. The van der Waals surface area contributed by atoms with Crippen LogP contribution in [0.15, 0.2) is 12.1 Å². The van der Waals surface area contributed by atoms with E-state index in [1.807, 2.05) is 0 Å². The van der Waals surface area contributed by atoms with Crippen molar-refractivity contribution in [2.24, 2.45) is 0 Å². The van der Waals surface area contributed by atoms with E-state index in [9.17, 15) is 5.11 Å². The molecule has 0 heterocycles. The monoisotopic (exact) mass is 360 g/mol. The summed E-state index contributed by atoms with van der Waals surface area (Å²) in [7, 11) is 0. The van der Waals surface area contributed by atoms with Gasteiger partial charge in [-0.3, -0.25) is 0 Å². The third-order valence-corrected chi connectivity index (χ3v) is 5.68. The number of phenolic OH excluding ortho intramolecular Hbond substituents is 1. The van der Waals surface area contributed by atoms with Gasteiger partial charge in [0.25, 0.3) is 0 Å². The first kappa shape index (κ1) is 23.1. The van der Waals surface area contributed by atoms with E-state index in [0.717, 1.165) is 12.8 Å². The second-order valence-corrected chi connectivity index (χ2v) is 8.11. The van der Waals surface area contributed by atoms with Crippen molar-refractivity contribution in [3.8, 4) is 5.75 Å². The van der Waals surface area contributed by atoms with Crippen molar-refractivity contribution < 1.29 is 5.11 Å². The van der Waals surface area contributed by atoms with Crippen LogP contribution in [0.2, 0.25) is 0 Å². The summed E-state index contributed by atoms with van der Waals surface area (Å²) >= 11 is 0. The molecule has 0 aromatic heterocycles. The van der Waals surface area contributed by atoms with E-state index in [-0.39, 0.29) is 0 Å². The molecule has 0 aliphatic heterocycles. The fraction of sp³-hybridized carbons (Fsp3) is 0.760. The Morgan fingerprint density at radius 1 is 0.615 bits per heavy atom. The molecule has 26 heavy (non-hydrogen) atoms. The number of hydrogen-bond donors (Lipinski definition) is 1. The number of unbranched alkanes of at least 4 members (excludes halogenated alkanes) is 12. The third kappa shape index (κ3) is 9.64. The highest BCUT2D eigenvalue weighted by atomic mass is 16.3. The Kier molecular flexibility index (Phi) is 13.4. The van der Waals surface area contributed by atoms with Gasteiger partial charge in [-0.15, -0.1) is 0 Å². The Labute approximate surface area is 163 Å². The van der Waals surface area contributed by atoms with E-state index in [4.69, 9.17) is 0 Å². The van der Waals surface area contributed by atoms with Gasteiger partial charge in [0, 0.05) is 0 Å². The zero-order valence-electron chi connectivity index (χ0n) is 17.9. The fourth-order valence-corrected chi connectivity index (χ4v) is 3.83. The Morgan fingerprint density at radius 2 is 1.08 bits per heavy atom. The van der Waals surface area contributed by atoms with Crippen LogP contribution in [0, 0.1) is 6.92 Å². The average Bonchev–Trinajstić information content (AvgIpc) is 2.64. The molecular weight excluding hydrogens is 316 g/mol. The maximum atomic E-state index is 10.7. The molecule has 1 heteroatoms. The van der Waals surface area contributed by atoms with E-state index in [1.54, 1.807) is 0 Å². The van der Waals surface area contributed by atoms with Crippen LogP contribution in [0.5, 0.6) is 5.75 Å². The van der Waals surface area contributed by atoms with Gasteiger partial charge in [-0.25, -0.2) is 0 Å². The van der Waals surface area contributed by atoms with Gasteiger partial charge < -0.3 is 5.11 Å². The molecule has 0 unspecified atom stereocenters. The number of hydrogen-bond acceptors (Lipinski definition) is 1. The van der Waals surface area contributed by atoms with Gasteiger partial charge in [0.2, 0.25) is 0 Å². The molecule has 1 nitrogen and oxygen atoms in total. The number of aryl methyl sites for hydroxylation is 2. The molecule has 0 spiro atoms. The molecule has 0 saturated heterocycles. The molecule has 0 fully saturated rings. The predicted molar refractivity (Wildman–Crippen MR) is 116 cm³/mol. The highest BCUT2D eigenvalue weighted by molar-refractivity contribution is 5.45. The summed E-state index contributed by atoms with van der Waals surface area (Å²) in [5.41, 5.74) is 3.64. The van der Waals surface area contributed by atoms with Crippen LogP contribution >= 0.6 is 0 Å². The van der Waals surface area contributed by atoms with Crippen molar-refractivity contribution in [3.63, 3.8) is 0 Å². The zero-order chi connectivity index (χ0) is 19.0. The van der Waals surface area contributed by atoms with Crippen molar-refractivity contribution in [2.75, 3.05) is 0 Å². The molecule has 1 aromatic carbocycles. The number of phenols is 1. The highest BCUT2D eigenvalue weighted by Gasteiger charge is 2.10. The molecule has 1 rings (SSSR count). The molecule has 0 atom stereocenters. The maximum Gasteiger partial charge on any atom is 0.122 e. The normalized spacial score (nSPS) is 11.2. The predicted octanol–water partition coefficient (Wildman–Crippen LogP) is 8.29. The topological polar surface area (TPSA) is 20.2 Å². The summed E-state index contributed by atoms with van der Waals surface area (Å²) < 4.78 is 0. The Morgan fingerprint density at radius 3 is 1.62 bits per heavy atom. The largest absolute Gasteiger partial charge is 0.507 e. The number of aromatic hydroxyl groups is 1. The molecule has 0 radical (unpaired) electrons. The lowest BCUT2D eigenvalue weighted by Crippen LogP contribution is -1.96. The van der Waals surface area contributed by atoms with Gasteiger partial charge in [-0.1, -0.05) is 103 Å². The number of rotatable bonds is 16. The number of benzene rings is 1. The third-order valence-electron chi connectivity index (χ3n) is 5.68. The first-order valence-electron chi connectivity index (χ1n) is 11.5. The Bertz CT molecular complexity index is 463. The lowest BCUT2D eigenvalue weighted by Gasteiger charge is -2.13. The summed E-state index contributed by atoms with van der Waals surface area (Å²) in [5.74, 6) is 0.599. The van der Waals surface area contributed by atoms with Crippen LogP contribution in [0.3, 0.4) is 0 Å². The minimum atomic E-state index is 0.599. The van der Waals surface area contributed by atoms with E-state index in [2.05, 4.69) is 32.9 Å². The maximum absolute atomic E-state index is 10.7. The lowest BCUT2D eigenvalue weighted by molar-refractivity contribution is 0.456. The Hall–Kier alpha value is -0.980. The minimum absolute atomic E-state index is 0.599. The molecule has 1 N–H and O–H groups in total. The molecule has 150 valence electrons. The second-order valence-electron chi connectivity index (χ2n) is 8.11. The van der Waals surface area contributed by atoms with Crippen molar-refractivity contribution >= 4 is 0 Å². The van der Waals surface area contributed by atoms with Crippen LogP contribution < -0.4 is 0 Å². The molecular formula is C25H44O. The van der Waals surface area contributed by atoms with Gasteiger partial charge in [0.15, 0.2) is 0 Å². The molecule has 0 aliphatic carbocycles. The van der Waals surface area contributed by atoms with Crippen molar-refractivity contribution in [2.45, 2.75) is 124 Å². The van der Waals surface area contributed by atoms with E-state index < -0.39 is 0 Å². The van der Waals surface area contributed by atoms with Crippen LogP contribution in [0.25, 0.3) is 0 Å². The summed E-state index contributed by atoms with van der Waals surface area (Å²) in [6, 6.07) is 4.36. The lowest BCUT2D eigenvalue weighted by atomic mass is 9.95. The molecule has 0 saturated carbocycles. The fourth-order valence-electron chi connectivity index (χ4n) is 3.83. The SMILES string of the molecule is CCCCCCCCCc1ccc(C)c(CCCCCCCCC)c1O. The van der Waals surface area contributed by atoms with Gasteiger partial charge in [0.1, 0.15) is 5.75 Å². The van der Waals surface area contributed by atoms with Crippen LogP contribution in [-0.4, -0.2) is 5.11 Å². The van der Waals surface area contributed by atoms with E-state index in [1.165, 1.54) is 107 Å². The molecule has 0 aliphatic rings. The van der Waals surface area contributed by atoms with Crippen LogP contribution in [0.1, 0.15) is 120 Å². The van der Waals surface area contributed by atoms with Gasteiger partial charge in [-0.2, -0.15) is 0 Å². The smallest absolute Gasteiger partial charge is 0.122 e. The second kappa shape index (κ2) is 15.1. The van der Waals surface area contributed by atoms with Crippen molar-refractivity contribution in [3.05, 3.63) is 28.8 Å². The molecule has 0 amide bonds. The first-order chi connectivity index (χ1) is 12.7. The average molecular weight is 361 g/mol. The molecule has 0 bridgehead atoms. The quantitative estimate of drug-likeness (QED) is 0.294. The van der Waals surface area contributed by atoms with Gasteiger partial charge in [-0.05, 0) is 49.3 Å². The van der Waals surface area contributed by atoms with Crippen LogP contribution in [-0.2, 0) is 12.8 Å². The van der Waals surface area contributed by atoms with Crippen molar-refractivity contribution in [1.29, 1.82) is 0 Å². The summed E-state index contributed by atoms with van der Waals surface area (Å²) in [4.78, 5) is 0.